The third kappa shape index (κ3) is 2.68. The molecule has 0 saturated heterocycles. The topological polar surface area (TPSA) is 63.1 Å². The fourth-order valence-electron chi connectivity index (χ4n) is 4.22. The molecule has 1 aliphatic carbocycles. The Hall–Kier alpha value is -3.15. The summed E-state index contributed by atoms with van der Waals surface area (Å²) in [5.74, 6) is 0.742. The van der Waals surface area contributed by atoms with Gasteiger partial charge >= 0.3 is 6.03 Å². The summed E-state index contributed by atoms with van der Waals surface area (Å²) in [7, 11) is 0. The van der Waals surface area contributed by atoms with Crippen LogP contribution < -0.4 is 10.2 Å². The number of carbonyl (C=O) groups excluding carboxylic acids is 1. The molecular formula is C21H21N5O. The number of rotatable bonds is 3. The van der Waals surface area contributed by atoms with E-state index in [1.807, 2.05) is 35.4 Å². The largest absolute Gasteiger partial charge is 0.334 e. The van der Waals surface area contributed by atoms with Gasteiger partial charge in [0.25, 0.3) is 0 Å². The lowest BCUT2D eigenvalue weighted by Crippen LogP contribution is -2.45. The zero-order valence-electron chi connectivity index (χ0n) is 15.0. The Morgan fingerprint density at radius 1 is 1.15 bits per heavy atom. The van der Waals surface area contributed by atoms with Gasteiger partial charge < -0.3 is 5.32 Å². The molecule has 6 heteroatoms. The van der Waals surface area contributed by atoms with E-state index in [1.54, 1.807) is 17.1 Å². The second kappa shape index (κ2) is 6.23. The summed E-state index contributed by atoms with van der Waals surface area (Å²) in [5.41, 5.74) is 3.56. The highest BCUT2D eigenvalue weighted by atomic mass is 16.2. The van der Waals surface area contributed by atoms with Crippen LogP contribution in [0, 0.1) is 0 Å². The van der Waals surface area contributed by atoms with Gasteiger partial charge in [0.1, 0.15) is 0 Å². The number of anilines is 1. The first-order valence-corrected chi connectivity index (χ1v) is 9.35. The van der Waals surface area contributed by atoms with Crippen molar-refractivity contribution in [1.29, 1.82) is 0 Å². The van der Waals surface area contributed by atoms with Gasteiger partial charge in [-0.3, -0.25) is 4.90 Å². The van der Waals surface area contributed by atoms with Gasteiger partial charge in [0, 0.05) is 42.8 Å². The van der Waals surface area contributed by atoms with Crippen LogP contribution in [-0.2, 0) is 12.0 Å². The molecule has 2 aromatic heterocycles. The minimum Gasteiger partial charge on any atom is -0.334 e. The molecule has 6 nitrogen and oxygen atoms in total. The van der Waals surface area contributed by atoms with Crippen molar-refractivity contribution in [3.05, 3.63) is 72.2 Å². The van der Waals surface area contributed by atoms with Crippen molar-refractivity contribution in [2.75, 3.05) is 11.4 Å². The predicted molar refractivity (Wildman–Crippen MR) is 103 cm³/mol. The van der Waals surface area contributed by atoms with Gasteiger partial charge in [-0.15, -0.1) is 0 Å². The van der Waals surface area contributed by atoms with Crippen molar-refractivity contribution < 1.29 is 4.79 Å². The molecular weight excluding hydrogens is 338 g/mol. The Bertz CT molecular complexity index is 978. The fourth-order valence-corrected chi connectivity index (χ4v) is 4.22. The average Bonchev–Trinajstić information content (AvgIpc) is 3.32. The van der Waals surface area contributed by atoms with Crippen LogP contribution in [0.1, 0.15) is 30.4 Å². The molecule has 1 N–H and O–H groups in total. The Kier molecular flexibility index (Phi) is 3.70. The van der Waals surface area contributed by atoms with E-state index in [0.717, 1.165) is 23.6 Å². The smallest absolute Gasteiger partial charge is 0.322 e. The lowest BCUT2D eigenvalue weighted by atomic mass is 9.66. The van der Waals surface area contributed by atoms with E-state index >= 15 is 0 Å². The molecule has 0 atom stereocenters. The minimum atomic E-state index is -0.0383. The molecule has 3 aromatic rings. The van der Waals surface area contributed by atoms with Gasteiger partial charge in [-0.25, -0.2) is 14.5 Å². The second-order valence-electron chi connectivity index (χ2n) is 7.37. The maximum atomic E-state index is 12.9. The highest BCUT2D eigenvalue weighted by molar-refractivity contribution is 5.95. The molecule has 0 bridgehead atoms. The molecule has 0 radical (unpaired) electrons. The molecule has 3 heterocycles. The van der Waals surface area contributed by atoms with Gasteiger partial charge in [0.05, 0.1) is 0 Å². The Balaban J connectivity index is 1.31. The Labute approximate surface area is 157 Å². The van der Waals surface area contributed by atoms with E-state index in [0.29, 0.717) is 6.54 Å². The first-order chi connectivity index (χ1) is 13.3. The maximum absolute atomic E-state index is 12.9. The molecule has 1 fully saturated rings. The van der Waals surface area contributed by atoms with Crippen LogP contribution in [0.2, 0.25) is 0 Å². The van der Waals surface area contributed by atoms with E-state index in [9.17, 15) is 4.79 Å². The summed E-state index contributed by atoms with van der Waals surface area (Å²) in [6.07, 6.45) is 8.90. The van der Waals surface area contributed by atoms with Crippen LogP contribution in [0.15, 0.2) is 61.1 Å². The van der Waals surface area contributed by atoms with Crippen molar-refractivity contribution in [2.45, 2.75) is 31.2 Å². The lowest BCUT2D eigenvalue weighted by molar-refractivity contribution is 0.235. The maximum Gasteiger partial charge on any atom is 0.322 e. The Morgan fingerprint density at radius 2 is 2.04 bits per heavy atom. The molecule has 1 saturated carbocycles. The normalized spacial score (nSPS) is 16.8. The number of aromatic nitrogens is 3. The zero-order chi connectivity index (χ0) is 18.3. The van der Waals surface area contributed by atoms with Crippen LogP contribution in [0.25, 0.3) is 5.82 Å². The van der Waals surface area contributed by atoms with Crippen molar-refractivity contribution in [1.82, 2.24) is 20.1 Å². The SMILES string of the molecule is O=C(NCc1ccnc(-n2cccn2)c1)N1CC2(CCC2)c2ccccc21. The number of nitrogens with one attached hydrogen (secondary N) is 1. The predicted octanol–water partition coefficient (Wildman–Crippen LogP) is 3.42. The van der Waals surface area contributed by atoms with Crippen LogP contribution in [0.4, 0.5) is 10.5 Å². The summed E-state index contributed by atoms with van der Waals surface area (Å²) in [5, 5.41) is 7.27. The van der Waals surface area contributed by atoms with Crippen molar-refractivity contribution >= 4 is 11.7 Å². The number of fused-ring (bicyclic) bond motifs is 2. The van der Waals surface area contributed by atoms with Crippen LogP contribution in [-0.4, -0.2) is 27.3 Å². The summed E-state index contributed by atoms with van der Waals surface area (Å²) >= 11 is 0. The van der Waals surface area contributed by atoms with Crippen molar-refractivity contribution in [2.24, 2.45) is 0 Å². The standard InChI is InChI=1S/C21H21N5O/c27-20(23-14-16-7-11-22-19(13-16)26-12-4-10-24-26)25-15-21(8-3-9-21)17-5-1-2-6-18(17)25/h1-2,4-7,10-13H,3,8-9,14-15H2,(H,23,27). The number of para-hydroxylation sites is 1. The third-order valence-corrected chi connectivity index (χ3v) is 5.78. The van der Waals surface area contributed by atoms with E-state index in [4.69, 9.17) is 0 Å². The number of urea groups is 1. The molecule has 0 unspecified atom stereocenters. The van der Waals surface area contributed by atoms with Gasteiger partial charge in [-0.05, 0) is 48.2 Å². The summed E-state index contributed by atoms with van der Waals surface area (Å²) in [6.45, 7) is 1.24. The average molecular weight is 359 g/mol. The first-order valence-electron chi connectivity index (χ1n) is 9.35. The molecule has 27 heavy (non-hydrogen) atoms. The number of carbonyl (C=O) groups is 1. The first kappa shape index (κ1) is 16.1. The monoisotopic (exact) mass is 359 g/mol. The van der Waals surface area contributed by atoms with E-state index in [-0.39, 0.29) is 11.4 Å². The number of hydrogen-bond acceptors (Lipinski definition) is 3. The van der Waals surface area contributed by atoms with Crippen LogP contribution in [0.3, 0.4) is 0 Å². The molecule has 2 aliphatic rings. The van der Waals surface area contributed by atoms with E-state index < -0.39 is 0 Å². The van der Waals surface area contributed by atoms with Gasteiger partial charge in [0.15, 0.2) is 5.82 Å². The van der Waals surface area contributed by atoms with Crippen LogP contribution >= 0.6 is 0 Å². The number of benzene rings is 1. The third-order valence-electron chi connectivity index (χ3n) is 5.78. The highest BCUT2D eigenvalue weighted by Crippen LogP contribution is 2.52. The van der Waals surface area contributed by atoms with E-state index in [2.05, 4.69) is 33.6 Å². The zero-order valence-corrected chi connectivity index (χ0v) is 15.0. The number of amides is 2. The molecule has 1 spiro atoms. The van der Waals surface area contributed by atoms with Gasteiger partial charge in [-0.2, -0.15) is 5.10 Å². The molecule has 5 rings (SSSR count). The minimum absolute atomic E-state index is 0.0383. The van der Waals surface area contributed by atoms with E-state index in [1.165, 1.54) is 24.8 Å². The summed E-state index contributed by atoms with van der Waals surface area (Å²) in [6, 6.07) is 14.0. The molecule has 1 aliphatic heterocycles. The number of hydrogen-bond donors (Lipinski definition) is 1. The fraction of sp³-hybridized carbons (Fsp3) is 0.286. The number of pyridine rings is 1. The molecule has 2 amide bonds. The Morgan fingerprint density at radius 3 is 2.81 bits per heavy atom. The second-order valence-corrected chi connectivity index (χ2v) is 7.37. The van der Waals surface area contributed by atoms with Gasteiger partial charge in [0.2, 0.25) is 0 Å². The molecule has 136 valence electrons. The lowest BCUT2D eigenvalue weighted by Gasteiger charge is -2.38. The highest BCUT2D eigenvalue weighted by Gasteiger charge is 2.48. The number of nitrogens with zero attached hydrogens (tertiary/aromatic N) is 4. The quantitative estimate of drug-likeness (QED) is 0.779. The summed E-state index contributed by atoms with van der Waals surface area (Å²) in [4.78, 5) is 19.1. The molecule has 1 aromatic carbocycles. The summed E-state index contributed by atoms with van der Waals surface area (Å²) < 4.78 is 1.71. The van der Waals surface area contributed by atoms with Crippen molar-refractivity contribution in [3.63, 3.8) is 0 Å². The van der Waals surface area contributed by atoms with Gasteiger partial charge in [-0.1, -0.05) is 24.6 Å². The van der Waals surface area contributed by atoms with Crippen LogP contribution in [0.5, 0.6) is 0 Å². The van der Waals surface area contributed by atoms with Crippen molar-refractivity contribution in [3.8, 4) is 5.82 Å².